The maximum absolute atomic E-state index is 13.2. The van der Waals surface area contributed by atoms with Gasteiger partial charge in [0.2, 0.25) is 0 Å². The number of aryl methyl sites for hydroxylation is 1. The highest BCUT2D eigenvalue weighted by atomic mass is 19.1. The molecule has 0 radical (unpaired) electrons. The van der Waals surface area contributed by atoms with Crippen LogP contribution in [0.1, 0.15) is 23.6 Å². The maximum Gasteiger partial charge on any atom is 0.123 e. The number of aliphatic hydroxyl groups is 1. The first kappa shape index (κ1) is 11.8. The second-order valence-electron chi connectivity index (χ2n) is 4.45. The highest BCUT2D eigenvalue weighted by molar-refractivity contribution is 5.36. The van der Waals surface area contributed by atoms with Crippen molar-refractivity contribution in [2.24, 2.45) is 0 Å². The summed E-state index contributed by atoms with van der Waals surface area (Å²) in [7, 11) is 0. The zero-order valence-electron chi connectivity index (χ0n) is 9.94. The Morgan fingerprint density at radius 1 is 1.00 bits per heavy atom. The minimum Gasteiger partial charge on any atom is -0.381 e. The molecule has 0 saturated carbocycles. The first-order valence-corrected chi connectivity index (χ1v) is 5.56. The summed E-state index contributed by atoms with van der Waals surface area (Å²) in [5.74, 6) is -0.338. The van der Waals surface area contributed by atoms with E-state index in [-0.39, 0.29) is 5.82 Å². The summed E-state index contributed by atoms with van der Waals surface area (Å²) in [5, 5.41) is 10.5. The van der Waals surface area contributed by atoms with Gasteiger partial charge < -0.3 is 5.11 Å². The Hall–Kier alpha value is -1.67. The normalized spacial score (nSPS) is 14.4. The van der Waals surface area contributed by atoms with Crippen molar-refractivity contribution in [3.05, 3.63) is 71.0 Å². The van der Waals surface area contributed by atoms with Gasteiger partial charge in [-0.2, -0.15) is 0 Å². The summed E-state index contributed by atoms with van der Waals surface area (Å²) in [4.78, 5) is 0. The Kier molecular flexibility index (Phi) is 2.99. The summed E-state index contributed by atoms with van der Waals surface area (Å²) in [6, 6.07) is 13.7. The smallest absolute Gasteiger partial charge is 0.123 e. The number of halogens is 1. The molecule has 0 fully saturated rings. The SMILES string of the molecule is Cc1ccc(C(C)(O)c2cccc(F)c2)cc1. The van der Waals surface area contributed by atoms with Gasteiger partial charge in [0.05, 0.1) is 0 Å². The average Bonchev–Trinajstić information content (AvgIpc) is 2.29. The molecule has 1 N–H and O–H groups in total. The largest absolute Gasteiger partial charge is 0.381 e. The quantitative estimate of drug-likeness (QED) is 0.838. The predicted octanol–water partition coefficient (Wildman–Crippen LogP) is 3.39. The highest BCUT2D eigenvalue weighted by Crippen LogP contribution is 2.29. The molecule has 0 spiro atoms. The number of benzene rings is 2. The molecule has 1 atom stereocenters. The third-order valence-corrected chi connectivity index (χ3v) is 3.00. The molecule has 2 rings (SSSR count). The molecule has 1 unspecified atom stereocenters. The molecule has 2 heteroatoms. The Bertz CT molecular complexity index is 515. The summed E-state index contributed by atoms with van der Waals surface area (Å²) in [5.41, 5.74) is 1.27. The van der Waals surface area contributed by atoms with Gasteiger partial charge in [0, 0.05) is 0 Å². The van der Waals surface area contributed by atoms with Gasteiger partial charge in [-0.3, -0.25) is 0 Å². The Morgan fingerprint density at radius 2 is 1.65 bits per heavy atom. The van der Waals surface area contributed by atoms with Crippen LogP contribution in [-0.2, 0) is 5.60 Å². The molecule has 1 nitrogen and oxygen atoms in total. The molecule has 0 aliphatic rings. The van der Waals surface area contributed by atoms with E-state index in [9.17, 15) is 9.50 Å². The van der Waals surface area contributed by atoms with E-state index in [1.54, 1.807) is 19.1 Å². The molecule has 0 bridgehead atoms. The summed E-state index contributed by atoms with van der Waals surface area (Å²) in [6.07, 6.45) is 0. The van der Waals surface area contributed by atoms with Crippen LogP contribution in [0, 0.1) is 12.7 Å². The first-order chi connectivity index (χ1) is 8.00. The number of hydrogen-bond acceptors (Lipinski definition) is 1. The highest BCUT2D eigenvalue weighted by Gasteiger charge is 2.25. The van der Waals surface area contributed by atoms with Gasteiger partial charge >= 0.3 is 0 Å². The van der Waals surface area contributed by atoms with E-state index < -0.39 is 5.60 Å². The van der Waals surface area contributed by atoms with E-state index >= 15 is 0 Å². The summed E-state index contributed by atoms with van der Waals surface area (Å²) >= 11 is 0. The van der Waals surface area contributed by atoms with E-state index in [0.717, 1.165) is 11.1 Å². The van der Waals surface area contributed by atoms with Crippen LogP contribution in [0.5, 0.6) is 0 Å². The van der Waals surface area contributed by atoms with Crippen LogP contribution >= 0.6 is 0 Å². The van der Waals surface area contributed by atoms with Crippen LogP contribution in [0.4, 0.5) is 4.39 Å². The fraction of sp³-hybridized carbons (Fsp3) is 0.200. The van der Waals surface area contributed by atoms with Crippen molar-refractivity contribution in [2.75, 3.05) is 0 Å². The topological polar surface area (TPSA) is 20.2 Å². The van der Waals surface area contributed by atoms with Gasteiger partial charge in [-0.1, -0.05) is 42.0 Å². The van der Waals surface area contributed by atoms with E-state index in [1.807, 2.05) is 31.2 Å². The molecule has 0 aliphatic heterocycles. The molecule has 2 aromatic carbocycles. The predicted molar refractivity (Wildman–Crippen MR) is 66.3 cm³/mol. The van der Waals surface area contributed by atoms with Crippen LogP contribution < -0.4 is 0 Å². The van der Waals surface area contributed by atoms with E-state index in [4.69, 9.17) is 0 Å². The van der Waals surface area contributed by atoms with Gasteiger partial charge in [0.1, 0.15) is 11.4 Å². The van der Waals surface area contributed by atoms with E-state index in [2.05, 4.69) is 0 Å². The fourth-order valence-electron chi connectivity index (χ4n) is 1.84. The van der Waals surface area contributed by atoms with Crippen molar-refractivity contribution in [3.63, 3.8) is 0 Å². The van der Waals surface area contributed by atoms with Crippen molar-refractivity contribution in [1.82, 2.24) is 0 Å². The third kappa shape index (κ3) is 2.37. The van der Waals surface area contributed by atoms with E-state index in [1.165, 1.54) is 12.1 Å². The van der Waals surface area contributed by atoms with E-state index in [0.29, 0.717) is 5.56 Å². The first-order valence-electron chi connectivity index (χ1n) is 5.56. The van der Waals surface area contributed by atoms with Gasteiger partial charge in [0.25, 0.3) is 0 Å². The molecule has 0 saturated heterocycles. The van der Waals surface area contributed by atoms with Gasteiger partial charge in [0.15, 0.2) is 0 Å². The fourth-order valence-corrected chi connectivity index (χ4v) is 1.84. The lowest BCUT2D eigenvalue weighted by Crippen LogP contribution is -2.22. The Labute approximate surface area is 101 Å². The minimum absolute atomic E-state index is 0.338. The number of rotatable bonds is 2. The summed E-state index contributed by atoms with van der Waals surface area (Å²) < 4.78 is 13.2. The molecule has 0 heterocycles. The molecule has 2 aromatic rings. The zero-order valence-corrected chi connectivity index (χ0v) is 9.94. The third-order valence-electron chi connectivity index (χ3n) is 3.00. The molecule has 0 aromatic heterocycles. The average molecular weight is 230 g/mol. The molecule has 17 heavy (non-hydrogen) atoms. The lowest BCUT2D eigenvalue weighted by Gasteiger charge is -2.24. The summed E-state index contributed by atoms with van der Waals surface area (Å²) in [6.45, 7) is 3.66. The van der Waals surface area contributed by atoms with Gasteiger partial charge in [-0.25, -0.2) is 4.39 Å². The van der Waals surface area contributed by atoms with Crippen LogP contribution in [0.3, 0.4) is 0 Å². The van der Waals surface area contributed by atoms with Crippen molar-refractivity contribution in [2.45, 2.75) is 19.4 Å². The Balaban J connectivity index is 2.45. The lowest BCUT2D eigenvalue weighted by molar-refractivity contribution is 0.102. The Morgan fingerprint density at radius 3 is 2.24 bits per heavy atom. The zero-order chi connectivity index (χ0) is 12.5. The van der Waals surface area contributed by atoms with Crippen molar-refractivity contribution in [3.8, 4) is 0 Å². The van der Waals surface area contributed by atoms with Gasteiger partial charge in [-0.15, -0.1) is 0 Å². The standard InChI is InChI=1S/C15H15FO/c1-11-6-8-12(9-7-11)15(2,17)13-4-3-5-14(16)10-13/h3-10,17H,1-2H3. The maximum atomic E-state index is 13.2. The van der Waals surface area contributed by atoms with Gasteiger partial charge in [-0.05, 0) is 37.1 Å². The van der Waals surface area contributed by atoms with Crippen molar-refractivity contribution >= 4 is 0 Å². The van der Waals surface area contributed by atoms with Crippen molar-refractivity contribution in [1.29, 1.82) is 0 Å². The van der Waals surface area contributed by atoms with Crippen molar-refractivity contribution < 1.29 is 9.50 Å². The second kappa shape index (κ2) is 4.30. The molecule has 0 amide bonds. The van der Waals surface area contributed by atoms with Crippen LogP contribution in [0.15, 0.2) is 48.5 Å². The monoisotopic (exact) mass is 230 g/mol. The lowest BCUT2D eigenvalue weighted by atomic mass is 9.88. The second-order valence-corrected chi connectivity index (χ2v) is 4.45. The molecular formula is C15H15FO. The van der Waals surface area contributed by atoms with Crippen LogP contribution in [0.2, 0.25) is 0 Å². The minimum atomic E-state index is -1.17. The van der Waals surface area contributed by atoms with Crippen LogP contribution in [0.25, 0.3) is 0 Å². The number of hydrogen-bond donors (Lipinski definition) is 1. The molecule has 0 aliphatic carbocycles. The van der Waals surface area contributed by atoms with Crippen LogP contribution in [-0.4, -0.2) is 5.11 Å². The molecule has 88 valence electrons. The molecular weight excluding hydrogens is 215 g/mol.